The van der Waals surface area contributed by atoms with Gasteiger partial charge in [-0.1, -0.05) is 0 Å². The van der Waals surface area contributed by atoms with Crippen LogP contribution in [0.1, 0.15) is 5.69 Å². The second kappa shape index (κ2) is 4.53. The van der Waals surface area contributed by atoms with Crippen LogP contribution in [0.4, 0.5) is 0 Å². The van der Waals surface area contributed by atoms with Crippen molar-refractivity contribution in [2.24, 2.45) is 0 Å². The lowest BCUT2D eigenvalue weighted by Crippen LogP contribution is -2.00. The molecular formula is C14H12N4O. The fourth-order valence-electron chi connectivity index (χ4n) is 1.83. The van der Waals surface area contributed by atoms with Crippen LogP contribution in [0.25, 0.3) is 17.1 Å². The van der Waals surface area contributed by atoms with E-state index < -0.39 is 0 Å². The summed E-state index contributed by atoms with van der Waals surface area (Å²) in [6, 6.07) is 9.13. The summed E-state index contributed by atoms with van der Waals surface area (Å²) in [6.07, 6.45) is 4.90. The number of hydrogen-bond donors (Lipinski definition) is 1. The van der Waals surface area contributed by atoms with Gasteiger partial charge in [-0.3, -0.25) is 9.97 Å². The zero-order valence-electron chi connectivity index (χ0n) is 10.4. The van der Waals surface area contributed by atoms with Crippen LogP contribution in [0.15, 0.2) is 48.9 Å². The third kappa shape index (κ3) is 2.18. The molecule has 0 atom stereocenters. The number of aromatic nitrogens is 4. The minimum atomic E-state index is 0.145. The molecule has 5 nitrogen and oxygen atoms in total. The number of rotatable bonds is 2. The number of aromatic hydroxyl groups is 1. The van der Waals surface area contributed by atoms with Gasteiger partial charge in [0.1, 0.15) is 5.75 Å². The maximum atomic E-state index is 9.28. The summed E-state index contributed by atoms with van der Waals surface area (Å²) < 4.78 is 1.77. The van der Waals surface area contributed by atoms with Crippen LogP contribution < -0.4 is 0 Å². The van der Waals surface area contributed by atoms with E-state index in [1.54, 1.807) is 29.2 Å². The van der Waals surface area contributed by atoms with Gasteiger partial charge in [-0.2, -0.15) is 5.10 Å². The van der Waals surface area contributed by atoms with Crippen molar-refractivity contribution in [3.8, 4) is 22.8 Å². The van der Waals surface area contributed by atoms with E-state index in [2.05, 4.69) is 15.1 Å². The Labute approximate surface area is 110 Å². The van der Waals surface area contributed by atoms with Gasteiger partial charge in [-0.25, -0.2) is 4.68 Å². The van der Waals surface area contributed by atoms with Gasteiger partial charge in [-0.15, -0.1) is 0 Å². The van der Waals surface area contributed by atoms with Crippen molar-refractivity contribution in [2.45, 2.75) is 6.92 Å². The number of aryl methyl sites for hydroxylation is 1. The topological polar surface area (TPSA) is 63.8 Å². The molecule has 0 aliphatic carbocycles. The van der Waals surface area contributed by atoms with E-state index in [1.165, 1.54) is 6.20 Å². The molecule has 0 amide bonds. The molecule has 0 aliphatic rings. The van der Waals surface area contributed by atoms with Crippen molar-refractivity contribution in [3.05, 3.63) is 54.6 Å². The molecule has 3 aromatic heterocycles. The minimum Gasteiger partial charge on any atom is -0.506 e. The van der Waals surface area contributed by atoms with E-state index in [4.69, 9.17) is 0 Å². The highest BCUT2D eigenvalue weighted by Gasteiger charge is 2.08. The quantitative estimate of drug-likeness (QED) is 0.760. The predicted octanol–water partition coefficient (Wildman–Crippen LogP) is 2.34. The Balaban J connectivity index is 2.07. The number of nitrogens with zero attached hydrogens (tertiary/aromatic N) is 4. The third-order valence-electron chi connectivity index (χ3n) is 2.79. The molecule has 0 unspecified atom stereocenters. The van der Waals surface area contributed by atoms with Gasteiger partial charge in [0.15, 0.2) is 0 Å². The summed E-state index contributed by atoms with van der Waals surface area (Å²) in [6.45, 7) is 1.94. The summed E-state index contributed by atoms with van der Waals surface area (Å²) in [7, 11) is 0. The first kappa shape index (κ1) is 11.4. The highest BCUT2D eigenvalue weighted by atomic mass is 16.3. The standard InChI is InChI=1S/C14H12N4O/c1-10-2-3-11(8-15-10)18-14(6-7-17-18)13-5-4-12(19)9-16-13/h2-9,19H,1H3. The van der Waals surface area contributed by atoms with E-state index >= 15 is 0 Å². The average molecular weight is 252 g/mol. The zero-order chi connectivity index (χ0) is 13.2. The fourth-order valence-corrected chi connectivity index (χ4v) is 1.83. The second-order valence-corrected chi connectivity index (χ2v) is 4.19. The molecule has 19 heavy (non-hydrogen) atoms. The average Bonchev–Trinajstić information content (AvgIpc) is 2.90. The van der Waals surface area contributed by atoms with Gasteiger partial charge >= 0.3 is 0 Å². The lowest BCUT2D eigenvalue weighted by Gasteiger charge is -2.07. The maximum absolute atomic E-state index is 9.28. The molecule has 0 spiro atoms. The second-order valence-electron chi connectivity index (χ2n) is 4.19. The summed E-state index contributed by atoms with van der Waals surface area (Å²) >= 11 is 0. The fraction of sp³-hybridized carbons (Fsp3) is 0.0714. The largest absolute Gasteiger partial charge is 0.506 e. The van der Waals surface area contributed by atoms with Crippen LogP contribution in [-0.4, -0.2) is 24.9 Å². The molecule has 1 N–H and O–H groups in total. The molecule has 0 saturated heterocycles. The van der Waals surface area contributed by atoms with Crippen molar-refractivity contribution < 1.29 is 5.11 Å². The Morgan fingerprint density at radius 2 is 1.89 bits per heavy atom. The normalized spacial score (nSPS) is 10.6. The van der Waals surface area contributed by atoms with Crippen molar-refractivity contribution in [1.29, 1.82) is 0 Å². The Morgan fingerprint density at radius 1 is 1.00 bits per heavy atom. The summed E-state index contributed by atoms with van der Waals surface area (Å²) in [4.78, 5) is 8.46. The van der Waals surface area contributed by atoms with Gasteiger partial charge in [-0.05, 0) is 37.3 Å². The SMILES string of the molecule is Cc1ccc(-n2nccc2-c2ccc(O)cn2)cn1. The van der Waals surface area contributed by atoms with Crippen molar-refractivity contribution in [2.75, 3.05) is 0 Å². The lowest BCUT2D eigenvalue weighted by atomic mass is 10.2. The molecule has 0 bridgehead atoms. The van der Waals surface area contributed by atoms with E-state index in [0.717, 1.165) is 22.8 Å². The van der Waals surface area contributed by atoms with Crippen molar-refractivity contribution in [3.63, 3.8) is 0 Å². The van der Waals surface area contributed by atoms with Crippen LogP contribution in [0.3, 0.4) is 0 Å². The summed E-state index contributed by atoms with van der Waals surface area (Å²) in [5, 5.41) is 13.6. The molecule has 94 valence electrons. The summed E-state index contributed by atoms with van der Waals surface area (Å²) in [5.74, 6) is 0.145. The molecule has 0 fully saturated rings. The molecule has 3 aromatic rings. The Kier molecular flexibility index (Phi) is 2.72. The maximum Gasteiger partial charge on any atom is 0.133 e. The van der Waals surface area contributed by atoms with E-state index in [9.17, 15) is 5.11 Å². The van der Waals surface area contributed by atoms with Crippen LogP contribution in [0.2, 0.25) is 0 Å². The predicted molar refractivity (Wildman–Crippen MR) is 71.0 cm³/mol. The smallest absolute Gasteiger partial charge is 0.133 e. The van der Waals surface area contributed by atoms with Crippen LogP contribution in [0, 0.1) is 6.92 Å². The lowest BCUT2D eigenvalue weighted by molar-refractivity contribution is 0.473. The van der Waals surface area contributed by atoms with Gasteiger partial charge in [0, 0.05) is 5.69 Å². The first-order chi connectivity index (χ1) is 9.24. The first-order valence-electron chi connectivity index (χ1n) is 5.86. The molecule has 0 radical (unpaired) electrons. The third-order valence-corrected chi connectivity index (χ3v) is 2.79. The van der Waals surface area contributed by atoms with Crippen molar-refractivity contribution >= 4 is 0 Å². The molecule has 3 heterocycles. The Hall–Kier alpha value is -2.69. The Morgan fingerprint density at radius 3 is 2.58 bits per heavy atom. The Bertz CT molecular complexity index is 626. The van der Waals surface area contributed by atoms with Crippen LogP contribution in [-0.2, 0) is 0 Å². The van der Waals surface area contributed by atoms with Crippen LogP contribution in [0.5, 0.6) is 5.75 Å². The van der Waals surface area contributed by atoms with E-state index in [0.29, 0.717) is 0 Å². The zero-order valence-corrected chi connectivity index (χ0v) is 10.4. The van der Waals surface area contributed by atoms with E-state index in [-0.39, 0.29) is 5.75 Å². The molecule has 0 saturated carbocycles. The van der Waals surface area contributed by atoms with Gasteiger partial charge < -0.3 is 5.11 Å². The van der Waals surface area contributed by atoms with Gasteiger partial charge in [0.25, 0.3) is 0 Å². The monoisotopic (exact) mass is 252 g/mol. The van der Waals surface area contributed by atoms with E-state index in [1.807, 2.05) is 25.1 Å². The van der Waals surface area contributed by atoms with Gasteiger partial charge in [0.2, 0.25) is 0 Å². The number of pyridine rings is 2. The van der Waals surface area contributed by atoms with Crippen LogP contribution >= 0.6 is 0 Å². The highest BCUT2D eigenvalue weighted by molar-refractivity contribution is 5.57. The molecule has 0 aromatic carbocycles. The van der Waals surface area contributed by atoms with Crippen molar-refractivity contribution in [1.82, 2.24) is 19.7 Å². The molecular weight excluding hydrogens is 240 g/mol. The van der Waals surface area contributed by atoms with Gasteiger partial charge in [0.05, 0.1) is 35.7 Å². The number of hydrogen-bond acceptors (Lipinski definition) is 4. The minimum absolute atomic E-state index is 0.145. The first-order valence-corrected chi connectivity index (χ1v) is 5.86. The summed E-state index contributed by atoms with van der Waals surface area (Å²) in [5.41, 5.74) is 3.43. The molecule has 3 rings (SSSR count). The molecule has 5 heteroatoms. The highest BCUT2D eigenvalue weighted by Crippen LogP contribution is 2.21. The molecule has 0 aliphatic heterocycles.